The third-order valence-corrected chi connectivity index (χ3v) is 5.31. The Bertz CT molecular complexity index is 1170. The average Bonchev–Trinajstić information content (AvgIpc) is 2.77. The second-order valence-electron chi connectivity index (χ2n) is 7.03. The molecule has 0 heterocycles. The Morgan fingerprint density at radius 1 is 1.09 bits per heavy atom. The Morgan fingerprint density at radius 2 is 1.88 bits per heavy atom. The van der Waals surface area contributed by atoms with Gasteiger partial charge in [-0.1, -0.05) is 42.5 Å². The molecule has 0 saturated heterocycles. The number of hydrogen-bond acceptors (Lipinski definition) is 4. The molecular formula is C26H23IN2O3. The first-order chi connectivity index (χ1) is 15.5. The molecule has 0 spiro atoms. The first-order valence-corrected chi connectivity index (χ1v) is 11.2. The summed E-state index contributed by atoms with van der Waals surface area (Å²) in [6.45, 7) is 4.71. The molecule has 32 heavy (non-hydrogen) atoms. The van der Waals surface area contributed by atoms with Crippen LogP contribution in [0, 0.1) is 21.8 Å². The van der Waals surface area contributed by atoms with Gasteiger partial charge in [-0.05, 0) is 83.5 Å². The van der Waals surface area contributed by atoms with Gasteiger partial charge in [0.1, 0.15) is 18.2 Å². The van der Waals surface area contributed by atoms with Gasteiger partial charge in [-0.15, -0.1) is 0 Å². The summed E-state index contributed by atoms with van der Waals surface area (Å²) >= 11 is 2.17. The molecule has 3 aromatic rings. The van der Waals surface area contributed by atoms with Gasteiger partial charge in [-0.25, -0.2) is 0 Å². The molecule has 1 amide bonds. The van der Waals surface area contributed by atoms with Gasteiger partial charge in [0.15, 0.2) is 11.5 Å². The summed E-state index contributed by atoms with van der Waals surface area (Å²) in [5.41, 5.74) is 3.40. The molecule has 3 aromatic carbocycles. The van der Waals surface area contributed by atoms with Gasteiger partial charge in [0.25, 0.3) is 5.91 Å². The molecule has 3 rings (SSSR count). The predicted molar refractivity (Wildman–Crippen MR) is 135 cm³/mol. The van der Waals surface area contributed by atoms with Crippen LogP contribution in [0.2, 0.25) is 0 Å². The molecular weight excluding hydrogens is 515 g/mol. The first kappa shape index (κ1) is 23.4. The van der Waals surface area contributed by atoms with E-state index in [9.17, 15) is 10.1 Å². The summed E-state index contributed by atoms with van der Waals surface area (Å²) in [6.07, 6.45) is 1.55. The number of benzene rings is 3. The summed E-state index contributed by atoms with van der Waals surface area (Å²) in [4.78, 5) is 12.6. The Kier molecular flexibility index (Phi) is 8.28. The minimum Gasteiger partial charge on any atom is -0.490 e. The topological polar surface area (TPSA) is 71.3 Å². The number of carbonyl (C=O) groups is 1. The summed E-state index contributed by atoms with van der Waals surface area (Å²) in [6, 6.07) is 22.9. The normalized spacial score (nSPS) is 10.9. The van der Waals surface area contributed by atoms with Crippen LogP contribution in [0.3, 0.4) is 0 Å². The van der Waals surface area contributed by atoms with Gasteiger partial charge >= 0.3 is 0 Å². The molecule has 0 aliphatic rings. The summed E-state index contributed by atoms with van der Waals surface area (Å²) < 4.78 is 12.6. The lowest BCUT2D eigenvalue weighted by Crippen LogP contribution is -2.13. The third-order valence-electron chi connectivity index (χ3n) is 4.51. The monoisotopic (exact) mass is 538 g/mol. The van der Waals surface area contributed by atoms with Crippen molar-refractivity contribution in [3.05, 3.63) is 92.6 Å². The van der Waals surface area contributed by atoms with Gasteiger partial charge < -0.3 is 14.8 Å². The number of amides is 1. The minimum absolute atomic E-state index is 0.00251. The predicted octanol–water partition coefficient (Wildman–Crippen LogP) is 6.12. The van der Waals surface area contributed by atoms with E-state index in [2.05, 4.69) is 27.9 Å². The quantitative estimate of drug-likeness (QED) is 0.213. The number of aryl methyl sites for hydroxylation is 1. The van der Waals surface area contributed by atoms with Crippen LogP contribution in [-0.2, 0) is 11.4 Å². The van der Waals surface area contributed by atoms with Gasteiger partial charge in [-0.3, -0.25) is 4.79 Å². The van der Waals surface area contributed by atoms with Crippen LogP contribution < -0.4 is 14.8 Å². The van der Waals surface area contributed by atoms with Crippen molar-refractivity contribution >= 4 is 40.3 Å². The molecule has 5 nitrogen and oxygen atoms in total. The van der Waals surface area contributed by atoms with Gasteiger partial charge in [-0.2, -0.15) is 5.26 Å². The summed E-state index contributed by atoms with van der Waals surface area (Å²) in [5, 5.41) is 12.3. The second-order valence-corrected chi connectivity index (χ2v) is 8.19. The lowest BCUT2D eigenvalue weighted by molar-refractivity contribution is -0.112. The van der Waals surface area contributed by atoms with Crippen LogP contribution in [0.25, 0.3) is 6.08 Å². The number of nitriles is 1. The van der Waals surface area contributed by atoms with Crippen molar-refractivity contribution in [2.75, 3.05) is 11.9 Å². The summed E-state index contributed by atoms with van der Waals surface area (Å²) in [7, 11) is 0. The Morgan fingerprint density at radius 3 is 2.56 bits per heavy atom. The molecule has 1 N–H and O–H groups in total. The molecule has 0 radical (unpaired) electrons. The van der Waals surface area contributed by atoms with Crippen LogP contribution in [0.15, 0.2) is 72.3 Å². The summed E-state index contributed by atoms with van der Waals surface area (Å²) in [5.74, 6) is 0.740. The van der Waals surface area contributed by atoms with E-state index >= 15 is 0 Å². The lowest BCUT2D eigenvalue weighted by Gasteiger charge is -2.15. The molecule has 162 valence electrons. The highest BCUT2D eigenvalue weighted by atomic mass is 127. The van der Waals surface area contributed by atoms with Gasteiger partial charge in [0.05, 0.1) is 10.2 Å². The maximum absolute atomic E-state index is 12.6. The molecule has 0 atom stereocenters. The Balaban J connectivity index is 1.84. The van der Waals surface area contributed by atoms with Gasteiger partial charge in [0, 0.05) is 5.69 Å². The van der Waals surface area contributed by atoms with Crippen LogP contribution in [-0.4, -0.2) is 12.5 Å². The fourth-order valence-electron chi connectivity index (χ4n) is 3.04. The third kappa shape index (κ3) is 6.34. The fraction of sp³-hybridized carbons (Fsp3) is 0.154. The number of nitrogens with zero attached hydrogens (tertiary/aromatic N) is 1. The van der Waals surface area contributed by atoms with Crippen LogP contribution in [0.1, 0.15) is 23.6 Å². The zero-order valence-electron chi connectivity index (χ0n) is 17.9. The highest BCUT2D eigenvalue weighted by Gasteiger charge is 2.15. The number of halogens is 1. The zero-order chi connectivity index (χ0) is 22.9. The Hall–Kier alpha value is -3.31. The van der Waals surface area contributed by atoms with Crippen molar-refractivity contribution in [1.29, 1.82) is 5.26 Å². The number of carbonyl (C=O) groups excluding carboxylic acids is 1. The van der Waals surface area contributed by atoms with Gasteiger partial charge in [0.2, 0.25) is 0 Å². The van der Waals surface area contributed by atoms with Crippen molar-refractivity contribution in [2.45, 2.75) is 20.5 Å². The first-order valence-electron chi connectivity index (χ1n) is 10.1. The number of anilines is 1. The lowest BCUT2D eigenvalue weighted by atomic mass is 10.1. The van der Waals surface area contributed by atoms with Crippen LogP contribution >= 0.6 is 22.6 Å². The van der Waals surface area contributed by atoms with E-state index in [4.69, 9.17) is 9.47 Å². The standard InChI is InChI=1S/C26H23IN2O3/c1-3-31-24-15-20(14-23(27)25(24)32-17-19-9-5-4-6-10-19)13-21(16-28)26(30)29-22-11-7-8-18(2)12-22/h4-15H,3,17H2,1-2H3,(H,29,30)/b21-13-. The number of hydrogen-bond donors (Lipinski definition) is 1. The van der Waals surface area contributed by atoms with E-state index in [1.165, 1.54) is 0 Å². The van der Waals surface area contributed by atoms with Crippen molar-refractivity contribution in [3.63, 3.8) is 0 Å². The van der Waals surface area contributed by atoms with E-state index in [0.717, 1.165) is 14.7 Å². The maximum atomic E-state index is 12.6. The Labute approximate surface area is 201 Å². The molecule has 0 fully saturated rings. The van der Waals surface area contributed by atoms with E-state index < -0.39 is 5.91 Å². The molecule has 0 unspecified atom stereocenters. The molecule has 0 bridgehead atoms. The van der Waals surface area contributed by atoms with E-state index in [1.54, 1.807) is 18.2 Å². The number of nitrogens with one attached hydrogen (secondary N) is 1. The number of rotatable bonds is 8. The van der Waals surface area contributed by atoms with E-state index in [-0.39, 0.29) is 5.57 Å². The van der Waals surface area contributed by atoms with Crippen LogP contribution in [0.4, 0.5) is 5.69 Å². The number of ether oxygens (including phenoxy) is 2. The van der Waals surface area contributed by atoms with Crippen molar-refractivity contribution < 1.29 is 14.3 Å². The minimum atomic E-state index is -0.463. The van der Waals surface area contributed by atoms with E-state index in [0.29, 0.717) is 36.0 Å². The molecule has 0 aromatic heterocycles. The average molecular weight is 538 g/mol. The second kappa shape index (κ2) is 11.3. The van der Waals surface area contributed by atoms with Crippen molar-refractivity contribution in [2.24, 2.45) is 0 Å². The zero-order valence-corrected chi connectivity index (χ0v) is 20.0. The molecule has 0 aliphatic heterocycles. The van der Waals surface area contributed by atoms with Crippen molar-refractivity contribution in [1.82, 2.24) is 0 Å². The highest BCUT2D eigenvalue weighted by molar-refractivity contribution is 14.1. The smallest absolute Gasteiger partial charge is 0.266 e. The largest absolute Gasteiger partial charge is 0.490 e. The maximum Gasteiger partial charge on any atom is 0.266 e. The molecule has 6 heteroatoms. The van der Waals surface area contributed by atoms with E-state index in [1.807, 2.05) is 74.5 Å². The molecule has 0 aliphatic carbocycles. The molecule has 0 saturated carbocycles. The fourth-order valence-corrected chi connectivity index (χ4v) is 3.82. The SMILES string of the molecule is CCOc1cc(/C=C(/C#N)C(=O)Nc2cccc(C)c2)cc(I)c1OCc1ccccc1. The van der Waals surface area contributed by atoms with Crippen molar-refractivity contribution in [3.8, 4) is 17.6 Å². The highest BCUT2D eigenvalue weighted by Crippen LogP contribution is 2.35. The van der Waals surface area contributed by atoms with Crippen LogP contribution in [0.5, 0.6) is 11.5 Å².